The second-order valence-electron chi connectivity index (χ2n) is 9.42. The molecule has 3 heteroatoms. The molecule has 0 aromatic carbocycles. The largest absolute Gasteiger partial charge is 0.481 e. The number of aliphatic carboxylic acids is 1. The maximum absolute atomic E-state index is 12.4. The number of hydrogen-bond acceptors (Lipinski definition) is 2. The fourth-order valence-corrected chi connectivity index (χ4v) is 7.06. The summed E-state index contributed by atoms with van der Waals surface area (Å²) in [5, 5.41) is 9.10. The van der Waals surface area contributed by atoms with Crippen LogP contribution in [0.4, 0.5) is 0 Å². The van der Waals surface area contributed by atoms with Gasteiger partial charge in [-0.05, 0) is 74.0 Å². The van der Waals surface area contributed by atoms with Crippen LogP contribution in [0.25, 0.3) is 0 Å². The van der Waals surface area contributed by atoms with Gasteiger partial charge in [-0.1, -0.05) is 25.5 Å². The minimum absolute atomic E-state index is 0.0384. The van der Waals surface area contributed by atoms with E-state index in [1.165, 1.54) is 19.3 Å². The summed E-state index contributed by atoms with van der Waals surface area (Å²) in [5.41, 5.74) is 1.42. The van der Waals surface area contributed by atoms with Crippen molar-refractivity contribution in [2.24, 2.45) is 34.5 Å². The van der Waals surface area contributed by atoms with E-state index in [-0.39, 0.29) is 11.8 Å². The molecule has 3 fully saturated rings. The molecule has 0 amide bonds. The van der Waals surface area contributed by atoms with Gasteiger partial charge < -0.3 is 5.11 Å². The lowest BCUT2D eigenvalue weighted by Crippen LogP contribution is -2.52. The summed E-state index contributed by atoms with van der Waals surface area (Å²) in [6, 6.07) is 0. The molecule has 0 aromatic rings. The highest BCUT2D eigenvalue weighted by atomic mass is 16.4. The third-order valence-electron chi connectivity index (χ3n) is 8.49. The molecular weight excluding hydrogens is 300 g/mol. The van der Waals surface area contributed by atoms with Crippen molar-refractivity contribution in [3.8, 4) is 0 Å². The highest BCUT2D eigenvalue weighted by Gasteiger charge is 2.59. The molecule has 132 valence electrons. The van der Waals surface area contributed by atoms with E-state index in [1.807, 2.05) is 0 Å². The van der Waals surface area contributed by atoms with Crippen molar-refractivity contribution < 1.29 is 14.7 Å². The lowest BCUT2D eigenvalue weighted by Gasteiger charge is -2.59. The van der Waals surface area contributed by atoms with Crippen LogP contribution in [0.15, 0.2) is 11.6 Å². The smallest absolute Gasteiger partial charge is 0.307 e. The molecule has 0 aliphatic heterocycles. The van der Waals surface area contributed by atoms with Crippen molar-refractivity contribution in [1.29, 1.82) is 0 Å². The topological polar surface area (TPSA) is 54.4 Å². The first kappa shape index (κ1) is 16.4. The highest BCUT2D eigenvalue weighted by molar-refractivity contribution is 5.87. The molecule has 1 N–H and O–H groups in total. The number of Topliss-reactive ketones (excluding diaryl/α,β-unsaturated/α-hetero) is 1. The van der Waals surface area contributed by atoms with Crippen molar-refractivity contribution >= 4 is 11.8 Å². The maximum Gasteiger partial charge on any atom is 0.307 e. The Bertz CT molecular complexity index is 606. The second-order valence-corrected chi connectivity index (χ2v) is 9.42. The molecule has 6 atom stereocenters. The van der Waals surface area contributed by atoms with Gasteiger partial charge in [-0.25, -0.2) is 0 Å². The number of rotatable bonds is 2. The Kier molecular flexibility index (Phi) is 3.71. The summed E-state index contributed by atoms with van der Waals surface area (Å²) >= 11 is 0. The van der Waals surface area contributed by atoms with Gasteiger partial charge in [0, 0.05) is 11.8 Å². The number of allylic oxidation sites excluding steroid dienone is 1. The van der Waals surface area contributed by atoms with Crippen LogP contribution < -0.4 is 0 Å². The van der Waals surface area contributed by atoms with Crippen molar-refractivity contribution in [2.75, 3.05) is 0 Å². The van der Waals surface area contributed by atoms with Gasteiger partial charge >= 0.3 is 5.97 Å². The molecule has 0 unspecified atom stereocenters. The van der Waals surface area contributed by atoms with Gasteiger partial charge in [0.2, 0.25) is 0 Å². The molecule has 4 rings (SSSR count). The lowest BCUT2D eigenvalue weighted by molar-refractivity contribution is -0.137. The molecule has 0 saturated heterocycles. The maximum atomic E-state index is 12.4. The summed E-state index contributed by atoms with van der Waals surface area (Å²) in [7, 11) is 0. The second kappa shape index (κ2) is 5.44. The SMILES string of the molecule is C[C@]12CC=C(CC(=O)O)C[C@@H]1CC[C@@H]1[C@H]2CC[C@]2(C)C(=O)CC[C@@H]12. The third kappa shape index (κ3) is 2.23. The van der Waals surface area contributed by atoms with E-state index in [4.69, 9.17) is 5.11 Å². The number of carboxylic acid groups (broad SMARTS) is 1. The van der Waals surface area contributed by atoms with E-state index in [2.05, 4.69) is 19.9 Å². The van der Waals surface area contributed by atoms with Crippen molar-refractivity contribution in [1.82, 2.24) is 0 Å². The van der Waals surface area contributed by atoms with Gasteiger partial charge in [-0.15, -0.1) is 0 Å². The van der Waals surface area contributed by atoms with Crippen LogP contribution in [-0.4, -0.2) is 16.9 Å². The van der Waals surface area contributed by atoms with E-state index < -0.39 is 5.97 Å². The molecule has 4 aliphatic rings. The van der Waals surface area contributed by atoms with E-state index >= 15 is 0 Å². The number of fused-ring (bicyclic) bond motifs is 5. The lowest BCUT2D eigenvalue weighted by atomic mass is 9.45. The first-order chi connectivity index (χ1) is 11.3. The monoisotopic (exact) mass is 330 g/mol. The van der Waals surface area contributed by atoms with Crippen LogP contribution >= 0.6 is 0 Å². The predicted molar refractivity (Wildman–Crippen MR) is 92.5 cm³/mol. The standard InChI is InChI=1S/C21H30O3/c1-20-9-7-13(12-19(23)24)11-14(20)3-4-15-16-5-6-18(22)21(16,2)10-8-17(15)20/h7,14-17H,3-6,8-12H2,1-2H3,(H,23,24)/t14-,15-,16-,17+,20-,21-/m0/s1. The van der Waals surface area contributed by atoms with E-state index in [9.17, 15) is 9.59 Å². The Hall–Kier alpha value is -1.12. The van der Waals surface area contributed by atoms with Crippen LogP contribution in [0.3, 0.4) is 0 Å². The molecule has 4 aliphatic carbocycles. The minimum atomic E-state index is -0.698. The van der Waals surface area contributed by atoms with Gasteiger partial charge in [0.25, 0.3) is 0 Å². The predicted octanol–water partition coefficient (Wildman–Crippen LogP) is 4.61. The van der Waals surface area contributed by atoms with Crippen LogP contribution in [-0.2, 0) is 9.59 Å². The van der Waals surface area contributed by atoms with Crippen LogP contribution in [0.2, 0.25) is 0 Å². The van der Waals surface area contributed by atoms with Crippen LogP contribution in [0, 0.1) is 34.5 Å². The molecule has 0 spiro atoms. The normalized spacial score (nSPS) is 47.4. The van der Waals surface area contributed by atoms with Crippen molar-refractivity contribution in [2.45, 2.75) is 71.6 Å². The molecule has 0 bridgehead atoms. The number of carbonyl (C=O) groups excluding carboxylic acids is 1. The fourth-order valence-electron chi connectivity index (χ4n) is 7.06. The Morgan fingerprint density at radius 2 is 2.00 bits per heavy atom. The Morgan fingerprint density at radius 3 is 2.75 bits per heavy atom. The minimum Gasteiger partial charge on any atom is -0.481 e. The average molecular weight is 330 g/mol. The molecule has 3 nitrogen and oxygen atoms in total. The summed E-state index contributed by atoms with van der Waals surface area (Å²) < 4.78 is 0. The first-order valence-corrected chi connectivity index (χ1v) is 9.77. The summed E-state index contributed by atoms with van der Waals surface area (Å²) in [6.45, 7) is 4.70. The molecular formula is C21H30O3. The zero-order valence-corrected chi connectivity index (χ0v) is 15.0. The highest BCUT2D eigenvalue weighted by Crippen LogP contribution is 2.65. The van der Waals surface area contributed by atoms with Crippen molar-refractivity contribution in [3.63, 3.8) is 0 Å². The zero-order valence-electron chi connectivity index (χ0n) is 15.0. The fraction of sp³-hybridized carbons (Fsp3) is 0.810. The molecule has 3 saturated carbocycles. The van der Waals surface area contributed by atoms with E-state index in [0.29, 0.717) is 29.0 Å². The van der Waals surface area contributed by atoms with Gasteiger partial charge in [0.15, 0.2) is 0 Å². The van der Waals surface area contributed by atoms with Crippen molar-refractivity contribution in [3.05, 3.63) is 11.6 Å². The Morgan fingerprint density at radius 1 is 1.21 bits per heavy atom. The van der Waals surface area contributed by atoms with Crippen LogP contribution in [0.1, 0.15) is 71.6 Å². The summed E-state index contributed by atoms with van der Waals surface area (Å²) in [6.07, 6.45) is 11.1. The number of carbonyl (C=O) groups is 2. The number of hydrogen-bond donors (Lipinski definition) is 1. The van der Waals surface area contributed by atoms with Gasteiger partial charge in [-0.3, -0.25) is 9.59 Å². The zero-order chi connectivity index (χ0) is 17.1. The molecule has 0 aromatic heterocycles. The number of carboxylic acids is 1. The summed E-state index contributed by atoms with van der Waals surface area (Å²) in [4.78, 5) is 23.5. The first-order valence-electron chi connectivity index (χ1n) is 9.77. The molecule has 0 heterocycles. The summed E-state index contributed by atoms with van der Waals surface area (Å²) in [5.74, 6) is 2.50. The Labute approximate surface area is 144 Å². The average Bonchev–Trinajstić information content (AvgIpc) is 2.83. The van der Waals surface area contributed by atoms with Gasteiger partial charge in [-0.2, -0.15) is 0 Å². The van der Waals surface area contributed by atoms with E-state index in [1.54, 1.807) is 0 Å². The third-order valence-corrected chi connectivity index (χ3v) is 8.49. The molecule has 0 radical (unpaired) electrons. The molecule has 24 heavy (non-hydrogen) atoms. The van der Waals surface area contributed by atoms with Crippen LogP contribution in [0.5, 0.6) is 0 Å². The van der Waals surface area contributed by atoms with Gasteiger partial charge in [0.1, 0.15) is 5.78 Å². The van der Waals surface area contributed by atoms with E-state index in [0.717, 1.165) is 43.6 Å². The quantitative estimate of drug-likeness (QED) is 0.752. The van der Waals surface area contributed by atoms with Gasteiger partial charge in [0.05, 0.1) is 6.42 Å². The Balaban J connectivity index is 1.59. The number of ketones is 1.